The molecular formula is C18H21NO2. The first kappa shape index (κ1) is 14.1. The molecule has 3 heteroatoms. The van der Waals surface area contributed by atoms with Gasteiger partial charge in [-0.3, -0.25) is 0 Å². The van der Waals surface area contributed by atoms with Crippen molar-refractivity contribution in [1.82, 2.24) is 0 Å². The zero-order chi connectivity index (χ0) is 14.7. The molecule has 1 aliphatic heterocycles. The van der Waals surface area contributed by atoms with Gasteiger partial charge in [0.15, 0.2) is 5.79 Å². The van der Waals surface area contributed by atoms with Gasteiger partial charge in [0, 0.05) is 5.69 Å². The van der Waals surface area contributed by atoms with E-state index >= 15 is 0 Å². The van der Waals surface area contributed by atoms with Gasteiger partial charge in [0.2, 0.25) is 0 Å². The Morgan fingerprint density at radius 2 is 1.43 bits per heavy atom. The summed E-state index contributed by atoms with van der Waals surface area (Å²) in [6.45, 7) is 5.20. The second-order valence-electron chi connectivity index (χ2n) is 5.81. The van der Waals surface area contributed by atoms with E-state index in [4.69, 9.17) is 9.47 Å². The Bertz CT molecular complexity index is 568. The molecule has 3 rings (SSSR count). The number of rotatable bonds is 3. The first-order valence-electron chi connectivity index (χ1n) is 7.32. The number of benzene rings is 2. The van der Waals surface area contributed by atoms with Crippen molar-refractivity contribution in [2.75, 3.05) is 18.5 Å². The highest BCUT2D eigenvalue weighted by Gasteiger charge is 2.28. The fourth-order valence-corrected chi connectivity index (χ4v) is 2.40. The average Bonchev–Trinajstić information content (AvgIpc) is 2.51. The van der Waals surface area contributed by atoms with Crippen molar-refractivity contribution < 1.29 is 9.47 Å². The number of nitrogens with one attached hydrogen (secondary N) is 1. The highest BCUT2D eigenvalue weighted by molar-refractivity contribution is 5.65. The van der Waals surface area contributed by atoms with Crippen LogP contribution in [0.4, 0.5) is 5.69 Å². The van der Waals surface area contributed by atoms with E-state index in [1.165, 1.54) is 11.1 Å². The Morgan fingerprint density at radius 3 is 2.05 bits per heavy atom. The van der Waals surface area contributed by atoms with Crippen molar-refractivity contribution in [2.24, 2.45) is 0 Å². The lowest BCUT2D eigenvalue weighted by Crippen LogP contribution is -2.45. The molecule has 0 atom stereocenters. The van der Waals surface area contributed by atoms with Crippen molar-refractivity contribution in [3.05, 3.63) is 54.6 Å². The molecule has 1 fully saturated rings. The maximum Gasteiger partial charge on any atom is 0.162 e. The number of hydrogen-bond acceptors (Lipinski definition) is 3. The summed E-state index contributed by atoms with van der Waals surface area (Å²) in [5.74, 6) is -0.463. The van der Waals surface area contributed by atoms with Gasteiger partial charge in [-0.05, 0) is 37.1 Å². The minimum atomic E-state index is -0.463. The summed E-state index contributed by atoms with van der Waals surface area (Å²) in [5.41, 5.74) is 3.54. The molecule has 2 aromatic carbocycles. The molecule has 21 heavy (non-hydrogen) atoms. The van der Waals surface area contributed by atoms with Crippen LogP contribution < -0.4 is 5.32 Å². The zero-order valence-corrected chi connectivity index (χ0v) is 12.5. The molecule has 1 N–H and O–H groups in total. The van der Waals surface area contributed by atoms with Crippen molar-refractivity contribution in [2.45, 2.75) is 25.7 Å². The molecule has 3 nitrogen and oxygen atoms in total. The summed E-state index contributed by atoms with van der Waals surface area (Å²) in [6.07, 6.45) is 0. The maximum atomic E-state index is 5.66. The highest BCUT2D eigenvalue weighted by atomic mass is 16.7. The third kappa shape index (κ3) is 3.63. The van der Waals surface area contributed by atoms with Gasteiger partial charge < -0.3 is 14.8 Å². The molecule has 0 radical (unpaired) electrons. The molecule has 0 aromatic heterocycles. The Hall–Kier alpha value is -1.84. The van der Waals surface area contributed by atoms with Gasteiger partial charge >= 0.3 is 0 Å². The number of ether oxygens (including phenoxy) is 2. The van der Waals surface area contributed by atoms with Crippen molar-refractivity contribution in [3.8, 4) is 11.1 Å². The molecule has 0 bridgehead atoms. The Labute approximate surface area is 125 Å². The molecule has 110 valence electrons. The van der Waals surface area contributed by atoms with Crippen LogP contribution in [0.25, 0.3) is 11.1 Å². The summed E-state index contributed by atoms with van der Waals surface area (Å²) < 4.78 is 11.3. The predicted molar refractivity (Wildman–Crippen MR) is 85.3 cm³/mol. The van der Waals surface area contributed by atoms with E-state index in [2.05, 4.69) is 53.8 Å². The number of hydrogen-bond donors (Lipinski definition) is 1. The van der Waals surface area contributed by atoms with Crippen LogP contribution in [-0.4, -0.2) is 25.0 Å². The highest BCUT2D eigenvalue weighted by Crippen LogP contribution is 2.23. The lowest BCUT2D eigenvalue weighted by atomic mass is 10.1. The van der Waals surface area contributed by atoms with Gasteiger partial charge in [0.25, 0.3) is 0 Å². The van der Waals surface area contributed by atoms with Crippen LogP contribution in [0.1, 0.15) is 13.8 Å². The predicted octanol–water partition coefficient (Wildman–Crippen LogP) is 3.92. The SMILES string of the molecule is CC1(C)OCC(Nc2ccc(-c3ccccc3)cc2)CO1. The van der Waals surface area contributed by atoms with Crippen LogP contribution in [0.3, 0.4) is 0 Å². The van der Waals surface area contributed by atoms with E-state index in [9.17, 15) is 0 Å². The second kappa shape index (κ2) is 5.88. The lowest BCUT2D eigenvalue weighted by Gasteiger charge is -2.35. The van der Waals surface area contributed by atoms with E-state index in [0.29, 0.717) is 13.2 Å². The Morgan fingerprint density at radius 1 is 0.857 bits per heavy atom. The number of anilines is 1. The molecule has 1 heterocycles. The lowest BCUT2D eigenvalue weighted by molar-refractivity contribution is -0.247. The summed E-state index contributed by atoms with van der Waals surface area (Å²) in [4.78, 5) is 0. The average molecular weight is 283 g/mol. The standard InChI is InChI=1S/C18H21NO2/c1-18(2)20-12-17(13-21-18)19-16-10-8-15(9-11-16)14-6-4-3-5-7-14/h3-11,17,19H,12-13H2,1-2H3. The Balaban J connectivity index is 1.63. The van der Waals surface area contributed by atoms with Gasteiger partial charge in [-0.25, -0.2) is 0 Å². The molecule has 0 unspecified atom stereocenters. The summed E-state index contributed by atoms with van der Waals surface area (Å²) in [5, 5.41) is 3.45. The summed E-state index contributed by atoms with van der Waals surface area (Å²) in [7, 11) is 0. The van der Waals surface area contributed by atoms with Gasteiger partial charge in [-0.2, -0.15) is 0 Å². The van der Waals surface area contributed by atoms with Gasteiger partial charge in [0.05, 0.1) is 19.3 Å². The van der Waals surface area contributed by atoms with Crippen molar-refractivity contribution >= 4 is 5.69 Å². The molecule has 0 aliphatic carbocycles. The van der Waals surface area contributed by atoms with Crippen LogP contribution >= 0.6 is 0 Å². The van der Waals surface area contributed by atoms with Crippen LogP contribution in [0.5, 0.6) is 0 Å². The molecule has 0 spiro atoms. The smallest absolute Gasteiger partial charge is 0.162 e. The molecule has 1 aliphatic rings. The fourth-order valence-electron chi connectivity index (χ4n) is 2.40. The van der Waals surface area contributed by atoms with E-state index in [-0.39, 0.29) is 6.04 Å². The van der Waals surface area contributed by atoms with E-state index in [1.54, 1.807) is 0 Å². The van der Waals surface area contributed by atoms with Crippen LogP contribution in [0, 0.1) is 0 Å². The molecular weight excluding hydrogens is 262 g/mol. The topological polar surface area (TPSA) is 30.5 Å². The van der Waals surface area contributed by atoms with Crippen LogP contribution in [0.15, 0.2) is 54.6 Å². The maximum absolute atomic E-state index is 5.66. The molecule has 0 saturated carbocycles. The summed E-state index contributed by atoms with van der Waals surface area (Å²) >= 11 is 0. The fraction of sp³-hybridized carbons (Fsp3) is 0.333. The first-order valence-corrected chi connectivity index (χ1v) is 7.32. The Kier molecular flexibility index (Phi) is 3.95. The van der Waals surface area contributed by atoms with Crippen LogP contribution in [0.2, 0.25) is 0 Å². The van der Waals surface area contributed by atoms with E-state index in [0.717, 1.165) is 5.69 Å². The third-order valence-corrected chi connectivity index (χ3v) is 3.63. The monoisotopic (exact) mass is 283 g/mol. The van der Waals surface area contributed by atoms with E-state index in [1.807, 2.05) is 19.9 Å². The van der Waals surface area contributed by atoms with Gasteiger partial charge in [0.1, 0.15) is 0 Å². The van der Waals surface area contributed by atoms with Gasteiger partial charge in [-0.15, -0.1) is 0 Å². The normalized spacial score (nSPS) is 18.4. The minimum Gasteiger partial charge on any atom is -0.378 e. The largest absolute Gasteiger partial charge is 0.378 e. The molecule has 2 aromatic rings. The zero-order valence-electron chi connectivity index (χ0n) is 12.5. The van der Waals surface area contributed by atoms with E-state index < -0.39 is 5.79 Å². The van der Waals surface area contributed by atoms with Crippen LogP contribution in [-0.2, 0) is 9.47 Å². The quantitative estimate of drug-likeness (QED) is 0.926. The minimum absolute atomic E-state index is 0.195. The summed E-state index contributed by atoms with van der Waals surface area (Å²) in [6, 6.07) is 19.0. The second-order valence-corrected chi connectivity index (χ2v) is 5.81. The third-order valence-electron chi connectivity index (χ3n) is 3.63. The van der Waals surface area contributed by atoms with Gasteiger partial charge in [-0.1, -0.05) is 42.5 Å². The van der Waals surface area contributed by atoms with Crippen molar-refractivity contribution in [3.63, 3.8) is 0 Å². The molecule has 0 amide bonds. The van der Waals surface area contributed by atoms with Crippen molar-refractivity contribution in [1.29, 1.82) is 0 Å². The first-order chi connectivity index (χ1) is 10.1. The molecule has 1 saturated heterocycles.